The SMILES string of the molecule is COc1ccc(C2=C(C(=O)c3ccccc3)CCC2)c(C=O)c1. The normalized spacial score (nSPS) is 14.0. The first kappa shape index (κ1) is 15.2. The molecule has 0 aliphatic heterocycles. The molecule has 0 saturated carbocycles. The lowest BCUT2D eigenvalue weighted by atomic mass is 9.93. The number of rotatable bonds is 5. The van der Waals surface area contributed by atoms with E-state index in [-0.39, 0.29) is 5.78 Å². The molecule has 0 bridgehead atoms. The lowest BCUT2D eigenvalue weighted by Crippen LogP contribution is -2.04. The maximum Gasteiger partial charge on any atom is 0.189 e. The molecule has 0 spiro atoms. The molecule has 2 aromatic rings. The molecule has 1 aliphatic carbocycles. The van der Waals surface area contributed by atoms with Crippen molar-refractivity contribution in [1.82, 2.24) is 0 Å². The maximum absolute atomic E-state index is 12.8. The van der Waals surface area contributed by atoms with Crippen LogP contribution < -0.4 is 4.74 Å². The Bertz CT molecular complexity index is 773. The summed E-state index contributed by atoms with van der Waals surface area (Å²) in [6, 6.07) is 14.7. The Morgan fingerprint density at radius 1 is 1.09 bits per heavy atom. The highest BCUT2D eigenvalue weighted by atomic mass is 16.5. The van der Waals surface area contributed by atoms with Crippen molar-refractivity contribution in [1.29, 1.82) is 0 Å². The molecule has 0 N–H and O–H groups in total. The van der Waals surface area contributed by atoms with Crippen molar-refractivity contribution < 1.29 is 14.3 Å². The summed E-state index contributed by atoms with van der Waals surface area (Å²) in [5.41, 5.74) is 3.92. The quantitative estimate of drug-likeness (QED) is 0.610. The number of benzene rings is 2. The zero-order chi connectivity index (χ0) is 16.2. The first-order valence-electron chi connectivity index (χ1n) is 7.70. The van der Waals surface area contributed by atoms with Crippen molar-refractivity contribution in [2.45, 2.75) is 19.3 Å². The Morgan fingerprint density at radius 3 is 2.57 bits per heavy atom. The lowest BCUT2D eigenvalue weighted by molar-refractivity contribution is 0.103. The number of hydrogen-bond acceptors (Lipinski definition) is 3. The van der Waals surface area contributed by atoms with Crippen molar-refractivity contribution in [3.05, 3.63) is 70.8 Å². The predicted octanol–water partition coefficient (Wildman–Crippen LogP) is 4.33. The molecular formula is C20H18O3. The Labute approximate surface area is 135 Å². The highest BCUT2D eigenvalue weighted by Gasteiger charge is 2.24. The van der Waals surface area contributed by atoms with E-state index in [2.05, 4.69) is 0 Å². The summed E-state index contributed by atoms with van der Waals surface area (Å²) in [7, 11) is 1.57. The number of carbonyl (C=O) groups excluding carboxylic acids is 2. The summed E-state index contributed by atoms with van der Waals surface area (Å²) in [6.07, 6.45) is 3.34. The first-order valence-corrected chi connectivity index (χ1v) is 7.70. The van der Waals surface area contributed by atoms with Crippen LogP contribution in [0.4, 0.5) is 0 Å². The van der Waals surface area contributed by atoms with Crippen LogP contribution in [0.3, 0.4) is 0 Å². The number of ether oxygens (including phenoxy) is 1. The summed E-state index contributed by atoms with van der Waals surface area (Å²) in [5, 5.41) is 0. The standard InChI is InChI=1S/C20H18O3/c1-23-16-10-11-17(15(12-16)13-21)18-8-5-9-19(18)20(22)14-6-3-2-4-7-14/h2-4,6-7,10-13H,5,8-9H2,1H3. The Morgan fingerprint density at radius 2 is 1.87 bits per heavy atom. The van der Waals surface area contributed by atoms with Gasteiger partial charge in [0.2, 0.25) is 0 Å². The Balaban J connectivity index is 2.07. The fourth-order valence-corrected chi connectivity index (χ4v) is 3.10. The van der Waals surface area contributed by atoms with E-state index < -0.39 is 0 Å². The van der Waals surface area contributed by atoms with Gasteiger partial charge in [0.05, 0.1) is 7.11 Å². The molecule has 0 fully saturated rings. The van der Waals surface area contributed by atoms with Gasteiger partial charge in [0.15, 0.2) is 12.1 Å². The Hall–Kier alpha value is -2.68. The minimum Gasteiger partial charge on any atom is -0.497 e. The van der Waals surface area contributed by atoms with Gasteiger partial charge in [0.25, 0.3) is 0 Å². The van der Waals surface area contributed by atoms with Gasteiger partial charge >= 0.3 is 0 Å². The zero-order valence-corrected chi connectivity index (χ0v) is 13.0. The van der Waals surface area contributed by atoms with Gasteiger partial charge in [-0.2, -0.15) is 0 Å². The van der Waals surface area contributed by atoms with Crippen LogP contribution in [0.15, 0.2) is 54.1 Å². The third kappa shape index (κ3) is 2.95. The third-order valence-corrected chi connectivity index (χ3v) is 4.24. The zero-order valence-electron chi connectivity index (χ0n) is 13.0. The third-order valence-electron chi connectivity index (χ3n) is 4.24. The van der Waals surface area contributed by atoms with Crippen LogP contribution in [0, 0.1) is 0 Å². The second-order valence-electron chi connectivity index (χ2n) is 5.58. The Kier molecular flexibility index (Phi) is 4.38. The number of hydrogen-bond donors (Lipinski definition) is 0. The molecule has 3 heteroatoms. The van der Waals surface area contributed by atoms with Gasteiger partial charge in [0.1, 0.15) is 5.75 Å². The summed E-state index contributed by atoms with van der Waals surface area (Å²) in [5.74, 6) is 0.705. The summed E-state index contributed by atoms with van der Waals surface area (Å²) < 4.78 is 5.18. The van der Waals surface area contributed by atoms with E-state index in [1.165, 1.54) is 0 Å². The van der Waals surface area contributed by atoms with Gasteiger partial charge in [-0.1, -0.05) is 36.4 Å². The summed E-state index contributed by atoms with van der Waals surface area (Å²) in [4.78, 5) is 24.2. The van der Waals surface area contributed by atoms with Crippen molar-refractivity contribution in [2.75, 3.05) is 7.11 Å². The lowest BCUT2D eigenvalue weighted by Gasteiger charge is -2.11. The fraction of sp³-hybridized carbons (Fsp3) is 0.200. The largest absolute Gasteiger partial charge is 0.497 e. The van der Waals surface area contributed by atoms with Gasteiger partial charge in [-0.3, -0.25) is 9.59 Å². The van der Waals surface area contributed by atoms with Crippen LogP contribution in [0.2, 0.25) is 0 Å². The average molecular weight is 306 g/mol. The van der Waals surface area contributed by atoms with Crippen LogP contribution in [0.25, 0.3) is 5.57 Å². The second kappa shape index (κ2) is 6.61. The van der Waals surface area contributed by atoms with Crippen LogP contribution in [-0.4, -0.2) is 19.2 Å². The number of aldehydes is 1. The maximum atomic E-state index is 12.8. The predicted molar refractivity (Wildman–Crippen MR) is 89.9 cm³/mol. The minimum atomic E-state index is 0.0609. The molecule has 0 radical (unpaired) electrons. The van der Waals surface area contributed by atoms with Crippen LogP contribution >= 0.6 is 0 Å². The van der Waals surface area contributed by atoms with E-state index in [4.69, 9.17) is 4.74 Å². The van der Waals surface area contributed by atoms with E-state index in [0.29, 0.717) is 16.9 Å². The van der Waals surface area contributed by atoms with Crippen molar-refractivity contribution in [2.24, 2.45) is 0 Å². The highest BCUT2D eigenvalue weighted by molar-refractivity contribution is 6.14. The minimum absolute atomic E-state index is 0.0609. The molecule has 3 nitrogen and oxygen atoms in total. The van der Waals surface area contributed by atoms with Gasteiger partial charge < -0.3 is 4.74 Å². The molecule has 0 aromatic heterocycles. The summed E-state index contributed by atoms with van der Waals surface area (Å²) >= 11 is 0. The molecule has 2 aromatic carbocycles. The topological polar surface area (TPSA) is 43.4 Å². The monoisotopic (exact) mass is 306 g/mol. The molecule has 116 valence electrons. The van der Waals surface area contributed by atoms with Gasteiger partial charge in [-0.25, -0.2) is 0 Å². The molecule has 0 heterocycles. The number of allylic oxidation sites excluding steroid dienone is 2. The number of carbonyl (C=O) groups is 2. The van der Waals surface area contributed by atoms with Crippen LogP contribution in [-0.2, 0) is 0 Å². The van der Waals surface area contributed by atoms with Crippen LogP contribution in [0.5, 0.6) is 5.75 Å². The van der Waals surface area contributed by atoms with Crippen molar-refractivity contribution in [3.8, 4) is 5.75 Å². The molecule has 0 saturated heterocycles. The van der Waals surface area contributed by atoms with Crippen LogP contribution in [0.1, 0.15) is 45.5 Å². The van der Waals surface area contributed by atoms with E-state index in [1.807, 2.05) is 42.5 Å². The summed E-state index contributed by atoms with van der Waals surface area (Å²) in [6.45, 7) is 0. The molecule has 1 aliphatic rings. The number of ketones is 1. The number of methoxy groups -OCH3 is 1. The molecule has 0 unspecified atom stereocenters. The molecule has 0 amide bonds. The van der Waals surface area contributed by atoms with Gasteiger partial charge in [0, 0.05) is 16.7 Å². The van der Waals surface area contributed by atoms with Gasteiger partial charge in [-0.15, -0.1) is 0 Å². The first-order chi connectivity index (χ1) is 11.2. The highest BCUT2D eigenvalue weighted by Crippen LogP contribution is 2.37. The second-order valence-corrected chi connectivity index (χ2v) is 5.58. The molecule has 3 rings (SSSR count). The van der Waals surface area contributed by atoms with Crippen molar-refractivity contribution >= 4 is 17.6 Å². The molecule has 0 atom stereocenters. The number of Topliss-reactive ketones (excluding diaryl/α,β-unsaturated/α-hetero) is 1. The van der Waals surface area contributed by atoms with E-state index in [9.17, 15) is 9.59 Å². The van der Waals surface area contributed by atoms with Gasteiger partial charge in [-0.05, 0) is 42.5 Å². The molecular weight excluding hydrogens is 288 g/mol. The van der Waals surface area contributed by atoms with Crippen molar-refractivity contribution in [3.63, 3.8) is 0 Å². The smallest absolute Gasteiger partial charge is 0.189 e. The molecule has 23 heavy (non-hydrogen) atoms. The van der Waals surface area contributed by atoms with E-state index >= 15 is 0 Å². The average Bonchev–Trinajstić information content (AvgIpc) is 3.10. The fourth-order valence-electron chi connectivity index (χ4n) is 3.10. The van der Waals surface area contributed by atoms with E-state index in [0.717, 1.165) is 42.3 Å². The van der Waals surface area contributed by atoms with E-state index in [1.54, 1.807) is 13.2 Å².